The number of nitrogens with two attached hydrogens (primary N) is 2. The van der Waals surface area contributed by atoms with E-state index in [0.717, 1.165) is 66.7 Å². The Morgan fingerprint density at radius 1 is 0.713 bits per heavy atom. The van der Waals surface area contributed by atoms with Crippen LogP contribution in [-0.2, 0) is 52.6 Å². The van der Waals surface area contributed by atoms with Gasteiger partial charge in [0.15, 0.2) is 29.9 Å². The smallest absolute Gasteiger partial charge is 0.330 e. The molecule has 101 heavy (non-hydrogen) atoms. The van der Waals surface area contributed by atoms with Gasteiger partial charge in [0, 0.05) is 34.7 Å². The van der Waals surface area contributed by atoms with Crippen molar-refractivity contribution in [1.29, 1.82) is 0 Å². The van der Waals surface area contributed by atoms with Gasteiger partial charge in [-0.25, -0.2) is 4.79 Å². The summed E-state index contributed by atoms with van der Waals surface area (Å²) in [5.41, 5.74) is 8.00. The van der Waals surface area contributed by atoms with E-state index >= 15 is 14.4 Å². The molecule has 7 heterocycles. The molecule has 21 N–H and O–H groups in total. The lowest BCUT2D eigenvalue weighted by Gasteiger charge is -2.47. The molecule has 12 rings (SSSR count). The number of fused-ring (bicyclic) bond motifs is 15. The van der Waals surface area contributed by atoms with Crippen LogP contribution in [0.25, 0.3) is 11.1 Å². The number of likely N-dealkylation sites (N-methyl/N-ethyl adjacent to an activating group) is 1. The average molecular weight is 1450 g/mol. The Balaban J connectivity index is 1.24. The van der Waals surface area contributed by atoms with Gasteiger partial charge in [0.05, 0.1) is 41.3 Å². The molecule has 10 unspecified atom stereocenters. The highest BCUT2D eigenvalue weighted by Gasteiger charge is 2.51. The van der Waals surface area contributed by atoms with E-state index in [1.165, 1.54) is 33.0 Å². The van der Waals surface area contributed by atoms with Crippen LogP contribution in [0.15, 0.2) is 78.9 Å². The third kappa shape index (κ3) is 15.8. The summed E-state index contributed by atoms with van der Waals surface area (Å²) in [6.07, 6.45) is -18.6. The first-order valence-corrected chi connectivity index (χ1v) is 32.4. The van der Waals surface area contributed by atoms with Crippen molar-refractivity contribution in [2.24, 2.45) is 17.4 Å². The maximum atomic E-state index is 16.0. The van der Waals surface area contributed by atoms with Gasteiger partial charge in [0.1, 0.15) is 89.5 Å². The van der Waals surface area contributed by atoms with Crippen molar-refractivity contribution in [1.82, 2.24) is 37.2 Å². The molecule has 2 fully saturated rings. The normalized spacial score (nSPS) is 29.4. The second-order valence-corrected chi connectivity index (χ2v) is 26.5. The number of aliphatic hydroxyl groups is 6. The third-order valence-corrected chi connectivity index (χ3v) is 18.4. The Morgan fingerprint density at radius 3 is 1.90 bits per heavy atom. The van der Waals surface area contributed by atoms with Crippen molar-refractivity contribution in [2.45, 2.75) is 156 Å². The number of halogens is 2. The minimum atomic E-state index is -2.35. The summed E-state index contributed by atoms with van der Waals surface area (Å²) < 4.78 is 38.3. The fourth-order valence-electron chi connectivity index (χ4n) is 12.5. The van der Waals surface area contributed by atoms with Crippen LogP contribution in [0, 0.1) is 5.92 Å². The van der Waals surface area contributed by atoms with E-state index < -0.39 is 237 Å². The lowest BCUT2D eigenvalue weighted by atomic mass is 9.86. The van der Waals surface area contributed by atoms with Gasteiger partial charge in [-0.15, -0.1) is 0 Å². The van der Waals surface area contributed by atoms with Crippen LogP contribution in [-0.4, -0.2) is 191 Å². The SMILES string of the molecule is CN[C@H](CC(C)C)C(=O)N[C@H]1C(=O)N[C@@H](CC(N)=O)C(=O)NC2C(=O)N[C@H]3C(=O)N[C@H](C(=O)N[C@H](C(=O)O)c4cc(O)cc(O)c4-c4cc3ccc4O)[C@H](O)c3ccc(c(Cl)c3)Oc3cc2cc(c3OC2OC(CO)C(O)C(O)C2OC2CC(C)(N)C(O)C(C)O2)Oc2ccc(cc2Cl)[C@H]1O. The highest BCUT2D eigenvalue weighted by atomic mass is 35.5. The molecule has 542 valence electrons. The van der Waals surface area contributed by atoms with Crippen LogP contribution in [0.1, 0.15) is 105 Å². The van der Waals surface area contributed by atoms with Gasteiger partial charge >= 0.3 is 5.97 Å². The van der Waals surface area contributed by atoms with Crippen molar-refractivity contribution in [3.8, 4) is 57.1 Å². The second kappa shape index (κ2) is 30.2. The average Bonchev–Trinajstić information content (AvgIpc) is 0.775. The van der Waals surface area contributed by atoms with E-state index in [9.17, 15) is 75.0 Å². The predicted molar refractivity (Wildman–Crippen MR) is 349 cm³/mol. The van der Waals surface area contributed by atoms with Crippen LogP contribution >= 0.6 is 23.2 Å². The predicted octanol–water partition coefficient (Wildman–Crippen LogP) is 0.106. The van der Waals surface area contributed by atoms with Gasteiger partial charge in [0.2, 0.25) is 53.4 Å². The fourth-order valence-corrected chi connectivity index (χ4v) is 12.9. The lowest BCUT2D eigenvalue weighted by molar-refractivity contribution is -0.333. The van der Waals surface area contributed by atoms with Gasteiger partial charge in [-0.1, -0.05) is 55.2 Å². The number of phenolic OH excluding ortho intramolecular Hbond substituents is 3. The molecule has 0 saturated carbocycles. The second-order valence-electron chi connectivity index (χ2n) is 25.7. The van der Waals surface area contributed by atoms with E-state index in [0.29, 0.717) is 0 Å². The number of hydrogen-bond acceptors (Lipinski definition) is 25. The number of hydrogen-bond donors (Lipinski definition) is 19. The number of rotatable bonds is 13. The van der Waals surface area contributed by atoms with Gasteiger partial charge < -0.3 is 128 Å². The lowest BCUT2D eigenvalue weighted by Crippen LogP contribution is -2.64. The molecule has 0 radical (unpaired) electrons. The Morgan fingerprint density at radius 2 is 1.32 bits per heavy atom. The van der Waals surface area contributed by atoms with Crippen molar-refractivity contribution < 1.29 is 118 Å². The standard InChI is InChI=1S/C66H75Cl2N9O24/c1-23(2)12-34(71-5)58(88)76-49-51(83)26-7-10-38(32(67)14-26)97-40-16-28-17-41(55(40)101-65-56(54(86)53(85)42(22-78)99-65)100-44-21-66(4,70)57(87)24(3)96-44)98-39-11-8-27(15-33(39)68)52(84)50-63(93)75-48(64(94)95)31-18-29(79)19-37(81)45(31)30-13-25(6-9-36(30)80)46(60(90)77-50)74-61(91)47(28)73-59(89)35(20-43(69)82)72-62(49)92/h6-11,13-19,23-24,34-35,42,44,46-54,56-57,65,71,78-81,83-87H,12,20-22,70H2,1-5H3,(H2,69,82)(H,72,92)(H,73,89)(H,74,91)(H,75,93)(H,76,88)(H,77,90)(H,94,95)/t24?,34-,35+,42?,44?,46-,47?,48+,49-,50+,51-,52-,53?,54?,56?,57?,65?,66?/m1/s1. The molecule has 7 aliphatic rings. The summed E-state index contributed by atoms with van der Waals surface area (Å²) >= 11 is 14.1. The number of carbonyl (C=O) groups excluding carboxylic acids is 7. The van der Waals surface area contributed by atoms with Gasteiger partial charge in [-0.05, 0) is 110 Å². The first kappa shape index (κ1) is 74.5. The number of benzene rings is 5. The monoisotopic (exact) mass is 1450 g/mol. The minimum absolute atomic E-state index is 0.0975. The number of amides is 7. The number of carbonyl (C=O) groups is 8. The van der Waals surface area contributed by atoms with Gasteiger partial charge in [0.25, 0.3) is 0 Å². The number of aromatic hydroxyl groups is 3. The molecule has 7 amide bonds. The Bertz CT molecular complexity index is 4070. The van der Waals surface area contributed by atoms with Crippen LogP contribution < -0.4 is 62.9 Å². The zero-order valence-electron chi connectivity index (χ0n) is 54.3. The number of phenols is 3. The highest BCUT2D eigenvalue weighted by molar-refractivity contribution is 6.32. The molecule has 5 aromatic rings. The first-order valence-electron chi connectivity index (χ1n) is 31.6. The third-order valence-electron chi connectivity index (χ3n) is 17.8. The number of ether oxygens (including phenoxy) is 6. The maximum absolute atomic E-state index is 16.0. The first-order chi connectivity index (χ1) is 47.7. The summed E-state index contributed by atoms with van der Waals surface area (Å²) in [7, 11) is 1.47. The molecule has 7 aliphatic heterocycles. The summed E-state index contributed by atoms with van der Waals surface area (Å²) in [5, 5.41) is 131. The Hall–Kier alpha value is -9.20. The number of nitrogens with one attached hydrogen (secondary N) is 7. The number of primary amides is 1. The molecular formula is C66H75Cl2N9O24. The van der Waals surface area contributed by atoms with Crippen molar-refractivity contribution in [3.05, 3.63) is 117 Å². The van der Waals surface area contributed by atoms with Gasteiger partial charge in [-0.2, -0.15) is 0 Å². The summed E-state index contributed by atoms with van der Waals surface area (Å²) in [6, 6.07) is -0.679. The number of aliphatic hydroxyl groups excluding tert-OH is 6. The molecule has 0 aromatic heterocycles. The molecular weight excluding hydrogens is 1370 g/mol. The van der Waals surface area contributed by atoms with Crippen LogP contribution in [0.4, 0.5) is 0 Å². The molecule has 2 saturated heterocycles. The van der Waals surface area contributed by atoms with E-state index in [-0.39, 0.29) is 46.2 Å². The van der Waals surface area contributed by atoms with Gasteiger partial charge in [-0.3, -0.25) is 33.6 Å². The topological polar surface area (TPSA) is 530 Å². The molecule has 35 heteroatoms. The summed E-state index contributed by atoms with van der Waals surface area (Å²) in [5.74, 6) is -16.0. The molecule has 0 aliphatic carbocycles. The summed E-state index contributed by atoms with van der Waals surface area (Å²) in [6.45, 7) is 5.66. The number of carboxylic acid groups (broad SMARTS) is 1. The van der Waals surface area contributed by atoms with Crippen LogP contribution in [0.3, 0.4) is 0 Å². The molecule has 33 nitrogen and oxygen atoms in total. The number of aliphatic carboxylic acids is 1. The van der Waals surface area contributed by atoms with E-state index in [2.05, 4.69) is 37.2 Å². The summed E-state index contributed by atoms with van der Waals surface area (Å²) in [4.78, 5) is 117. The van der Waals surface area contributed by atoms with E-state index in [1.54, 1.807) is 0 Å². The molecule has 0 spiro atoms. The van der Waals surface area contributed by atoms with Crippen molar-refractivity contribution >= 4 is 70.5 Å². The minimum Gasteiger partial charge on any atom is -0.508 e. The maximum Gasteiger partial charge on any atom is 0.330 e. The zero-order valence-corrected chi connectivity index (χ0v) is 55.8. The largest absolute Gasteiger partial charge is 0.508 e. The van der Waals surface area contributed by atoms with Crippen molar-refractivity contribution in [2.75, 3.05) is 13.7 Å². The zero-order chi connectivity index (χ0) is 73.5. The highest BCUT2D eigenvalue weighted by Crippen LogP contribution is 2.50. The van der Waals surface area contributed by atoms with Crippen molar-refractivity contribution in [3.63, 3.8) is 0 Å². The molecule has 11 bridgehead atoms. The van der Waals surface area contributed by atoms with Crippen LogP contribution in [0.2, 0.25) is 10.0 Å². The number of carboxylic acids is 1. The Labute approximate surface area is 584 Å². The fraction of sp³-hybridized carbons (Fsp3) is 0.424. The molecule has 18 atom stereocenters. The Kier molecular flexibility index (Phi) is 22.2. The van der Waals surface area contributed by atoms with E-state index in [1.807, 2.05) is 13.8 Å². The van der Waals surface area contributed by atoms with E-state index in [4.69, 9.17) is 63.1 Å². The van der Waals surface area contributed by atoms with Crippen LogP contribution in [0.5, 0.6) is 46.0 Å². The quantitative estimate of drug-likeness (QED) is 0.0743. The molecule has 5 aromatic carbocycles.